The maximum atomic E-state index is 6.40. The van der Waals surface area contributed by atoms with E-state index in [-0.39, 0.29) is 6.04 Å². The van der Waals surface area contributed by atoms with Gasteiger partial charge < -0.3 is 5.73 Å². The highest BCUT2D eigenvalue weighted by atomic mass is 15.3. The van der Waals surface area contributed by atoms with E-state index in [1.165, 1.54) is 36.6 Å². The molecule has 3 rings (SSSR count). The molecule has 3 heteroatoms. The summed E-state index contributed by atoms with van der Waals surface area (Å²) in [5.41, 5.74) is 8.66. The average molecular weight is 229 g/mol. The number of benzene rings is 1. The van der Waals surface area contributed by atoms with Crippen molar-refractivity contribution in [2.45, 2.75) is 31.7 Å². The van der Waals surface area contributed by atoms with Gasteiger partial charge in [-0.05, 0) is 24.8 Å². The third kappa shape index (κ3) is 1.75. The van der Waals surface area contributed by atoms with Crippen molar-refractivity contribution in [1.82, 2.24) is 9.78 Å². The lowest BCUT2D eigenvalue weighted by Gasteiger charge is -2.16. The lowest BCUT2D eigenvalue weighted by molar-refractivity contribution is 0.435. The van der Waals surface area contributed by atoms with Gasteiger partial charge in [-0.2, -0.15) is 5.10 Å². The van der Waals surface area contributed by atoms with Crippen LogP contribution in [0.15, 0.2) is 24.3 Å². The van der Waals surface area contributed by atoms with Crippen LogP contribution in [0.25, 0.3) is 10.9 Å². The molecule has 3 nitrogen and oxygen atoms in total. The van der Waals surface area contributed by atoms with Crippen molar-refractivity contribution in [3.05, 3.63) is 30.0 Å². The predicted octanol–water partition coefficient (Wildman–Crippen LogP) is 2.76. The van der Waals surface area contributed by atoms with E-state index in [9.17, 15) is 0 Å². The molecule has 1 aliphatic carbocycles. The monoisotopic (exact) mass is 229 g/mol. The number of hydrogen-bond donors (Lipinski definition) is 1. The molecule has 1 aromatic heterocycles. The molecule has 1 aromatic carbocycles. The molecule has 1 fully saturated rings. The minimum absolute atomic E-state index is 0.101. The van der Waals surface area contributed by atoms with Crippen LogP contribution in [0.5, 0.6) is 0 Å². The summed E-state index contributed by atoms with van der Waals surface area (Å²) in [6.45, 7) is 0. The summed E-state index contributed by atoms with van der Waals surface area (Å²) >= 11 is 0. The Kier molecular flexibility index (Phi) is 2.63. The highest BCUT2D eigenvalue weighted by Crippen LogP contribution is 2.35. The maximum Gasteiger partial charge on any atom is 0.0873 e. The molecule has 17 heavy (non-hydrogen) atoms. The van der Waals surface area contributed by atoms with Gasteiger partial charge in [-0.3, -0.25) is 4.68 Å². The number of hydrogen-bond acceptors (Lipinski definition) is 2. The van der Waals surface area contributed by atoms with E-state index in [2.05, 4.69) is 29.4 Å². The van der Waals surface area contributed by atoms with Gasteiger partial charge in [0, 0.05) is 12.4 Å². The molecule has 0 aliphatic heterocycles. The van der Waals surface area contributed by atoms with Crippen molar-refractivity contribution in [3.8, 4) is 0 Å². The maximum absolute atomic E-state index is 6.40. The second-order valence-corrected chi connectivity index (χ2v) is 5.10. The largest absolute Gasteiger partial charge is 0.322 e. The zero-order valence-corrected chi connectivity index (χ0v) is 10.3. The van der Waals surface area contributed by atoms with Crippen LogP contribution in [0.1, 0.15) is 37.4 Å². The summed E-state index contributed by atoms with van der Waals surface area (Å²) < 4.78 is 1.94. The number of para-hydroxylation sites is 1. The molecule has 90 valence electrons. The first kappa shape index (κ1) is 10.8. The molecule has 1 saturated carbocycles. The Morgan fingerprint density at radius 1 is 1.29 bits per heavy atom. The van der Waals surface area contributed by atoms with Gasteiger partial charge in [-0.1, -0.05) is 31.0 Å². The summed E-state index contributed by atoms with van der Waals surface area (Å²) in [5, 5.41) is 5.84. The summed E-state index contributed by atoms with van der Waals surface area (Å²) in [4.78, 5) is 0. The van der Waals surface area contributed by atoms with Crippen molar-refractivity contribution >= 4 is 10.9 Å². The van der Waals surface area contributed by atoms with Gasteiger partial charge in [0.2, 0.25) is 0 Å². The van der Waals surface area contributed by atoms with E-state index >= 15 is 0 Å². The summed E-state index contributed by atoms with van der Waals surface area (Å²) in [7, 11) is 1.99. The first-order valence-electron chi connectivity index (χ1n) is 6.44. The second-order valence-electron chi connectivity index (χ2n) is 5.10. The van der Waals surface area contributed by atoms with Gasteiger partial charge in [-0.25, -0.2) is 0 Å². The molecule has 1 aliphatic rings. The van der Waals surface area contributed by atoms with Crippen LogP contribution in [0.4, 0.5) is 0 Å². The first-order valence-corrected chi connectivity index (χ1v) is 6.44. The van der Waals surface area contributed by atoms with Crippen LogP contribution in [0.3, 0.4) is 0 Å². The van der Waals surface area contributed by atoms with Crippen LogP contribution in [-0.2, 0) is 7.05 Å². The summed E-state index contributed by atoms with van der Waals surface area (Å²) in [6.07, 6.45) is 5.16. The fraction of sp³-hybridized carbons (Fsp3) is 0.500. The fourth-order valence-electron chi connectivity index (χ4n) is 3.03. The highest BCUT2D eigenvalue weighted by molar-refractivity contribution is 5.82. The second kappa shape index (κ2) is 4.15. The van der Waals surface area contributed by atoms with Crippen molar-refractivity contribution < 1.29 is 0 Å². The third-order valence-electron chi connectivity index (χ3n) is 4.01. The molecular formula is C14H19N3. The topological polar surface area (TPSA) is 43.8 Å². The summed E-state index contributed by atoms with van der Waals surface area (Å²) in [6, 6.07) is 8.45. The number of rotatable bonds is 2. The van der Waals surface area contributed by atoms with Gasteiger partial charge in [0.1, 0.15) is 0 Å². The number of nitrogens with zero attached hydrogens (tertiary/aromatic N) is 2. The minimum atomic E-state index is 0.101. The Labute approximate surface area is 102 Å². The Hall–Kier alpha value is -1.35. The first-order chi connectivity index (χ1) is 8.27. The Morgan fingerprint density at radius 2 is 2.00 bits per heavy atom. The number of fused-ring (bicyclic) bond motifs is 1. The van der Waals surface area contributed by atoms with E-state index < -0.39 is 0 Å². The number of nitrogens with two attached hydrogens (primary N) is 1. The quantitative estimate of drug-likeness (QED) is 0.860. The van der Waals surface area contributed by atoms with Crippen LogP contribution in [0.2, 0.25) is 0 Å². The lowest BCUT2D eigenvalue weighted by Crippen LogP contribution is -2.20. The van der Waals surface area contributed by atoms with Gasteiger partial charge in [0.15, 0.2) is 0 Å². The van der Waals surface area contributed by atoms with Crippen LogP contribution < -0.4 is 5.73 Å². The summed E-state index contributed by atoms with van der Waals surface area (Å²) in [5.74, 6) is 0.619. The average Bonchev–Trinajstić information content (AvgIpc) is 2.97. The zero-order chi connectivity index (χ0) is 11.8. The fourth-order valence-corrected chi connectivity index (χ4v) is 3.03. The van der Waals surface area contributed by atoms with E-state index in [0.717, 1.165) is 5.69 Å². The van der Waals surface area contributed by atoms with Crippen LogP contribution in [0, 0.1) is 5.92 Å². The lowest BCUT2D eigenvalue weighted by atomic mass is 9.94. The Bertz CT molecular complexity index is 523. The van der Waals surface area contributed by atoms with Gasteiger partial charge in [0.25, 0.3) is 0 Å². The van der Waals surface area contributed by atoms with Gasteiger partial charge in [0.05, 0.1) is 17.3 Å². The smallest absolute Gasteiger partial charge is 0.0873 e. The van der Waals surface area contributed by atoms with E-state index in [1.54, 1.807) is 0 Å². The molecule has 0 amide bonds. The van der Waals surface area contributed by atoms with Gasteiger partial charge >= 0.3 is 0 Å². The Balaban J connectivity index is 2.04. The molecule has 0 bridgehead atoms. The Morgan fingerprint density at radius 3 is 2.76 bits per heavy atom. The third-order valence-corrected chi connectivity index (χ3v) is 4.01. The molecule has 1 unspecified atom stereocenters. The molecule has 1 atom stereocenters. The van der Waals surface area contributed by atoms with Crippen molar-refractivity contribution in [1.29, 1.82) is 0 Å². The van der Waals surface area contributed by atoms with E-state index in [1.807, 2.05) is 11.7 Å². The molecular weight excluding hydrogens is 210 g/mol. The predicted molar refractivity (Wildman–Crippen MR) is 69.6 cm³/mol. The molecule has 0 saturated heterocycles. The zero-order valence-electron chi connectivity index (χ0n) is 10.3. The van der Waals surface area contributed by atoms with Crippen LogP contribution in [-0.4, -0.2) is 9.78 Å². The highest BCUT2D eigenvalue weighted by Gasteiger charge is 2.26. The molecule has 1 heterocycles. The van der Waals surface area contributed by atoms with E-state index in [0.29, 0.717) is 5.92 Å². The molecule has 0 spiro atoms. The standard InChI is InChI=1S/C14H19N3/c1-17-12-9-5-4-8-11(12)14(16-17)13(15)10-6-2-3-7-10/h4-5,8-10,13H,2-3,6-7,15H2,1H3. The van der Waals surface area contributed by atoms with Crippen molar-refractivity contribution in [2.24, 2.45) is 18.7 Å². The number of aryl methyl sites for hydroxylation is 1. The number of aromatic nitrogens is 2. The van der Waals surface area contributed by atoms with Gasteiger partial charge in [-0.15, -0.1) is 0 Å². The van der Waals surface area contributed by atoms with E-state index in [4.69, 9.17) is 5.73 Å². The van der Waals surface area contributed by atoms with Crippen molar-refractivity contribution in [3.63, 3.8) is 0 Å². The molecule has 2 aromatic rings. The molecule has 0 radical (unpaired) electrons. The normalized spacial score (nSPS) is 18.9. The van der Waals surface area contributed by atoms with Crippen LogP contribution >= 0.6 is 0 Å². The van der Waals surface area contributed by atoms with Crippen molar-refractivity contribution in [2.75, 3.05) is 0 Å². The minimum Gasteiger partial charge on any atom is -0.322 e. The molecule has 2 N–H and O–H groups in total. The SMILES string of the molecule is Cn1nc(C(N)C2CCCC2)c2ccccc21.